The summed E-state index contributed by atoms with van der Waals surface area (Å²) in [4.78, 5) is 5.03. The van der Waals surface area contributed by atoms with Gasteiger partial charge in [0.15, 0.2) is 0 Å². The van der Waals surface area contributed by atoms with Crippen molar-refractivity contribution in [1.29, 1.82) is 0 Å². The van der Waals surface area contributed by atoms with Crippen molar-refractivity contribution in [2.45, 2.75) is 165 Å². The van der Waals surface area contributed by atoms with Gasteiger partial charge in [-0.1, -0.05) is 144 Å². The van der Waals surface area contributed by atoms with E-state index in [-0.39, 0.29) is 20.0 Å². The first kappa shape index (κ1) is 50.0. The molecule has 3 saturated carbocycles. The summed E-state index contributed by atoms with van der Waals surface area (Å²) in [6.45, 7) is 11.5. The molecule has 0 aromatic heterocycles. The summed E-state index contributed by atoms with van der Waals surface area (Å²) in [5, 5.41) is 0. The van der Waals surface area contributed by atoms with Crippen LogP contribution in [0.2, 0.25) is 0 Å². The number of hydrogen-bond donors (Lipinski definition) is 0. The third-order valence-electron chi connectivity index (χ3n) is 14.3. The van der Waals surface area contributed by atoms with Crippen LogP contribution in [0.5, 0.6) is 0 Å². The molecule has 0 spiro atoms. The average Bonchev–Trinajstić information content (AvgIpc) is 3.74. The summed E-state index contributed by atoms with van der Waals surface area (Å²) >= 11 is 5.04. The molecule has 9 rings (SSSR count). The molecule has 64 heavy (non-hydrogen) atoms. The monoisotopic (exact) mass is 1190 g/mol. The van der Waals surface area contributed by atoms with E-state index in [1.165, 1.54) is 56.2 Å². The van der Waals surface area contributed by atoms with E-state index in [0.717, 1.165) is 0 Å². The first-order chi connectivity index (χ1) is 31.3. The molecule has 0 unspecified atom stereocenters. The van der Waals surface area contributed by atoms with Gasteiger partial charge >= 0.3 is 88.5 Å². The molecular weight excluding hydrogens is 1110 g/mol. The Morgan fingerprint density at radius 2 is 0.797 bits per heavy atom. The first-order valence-corrected chi connectivity index (χ1v) is 37.8. The maximum absolute atomic E-state index is 2.52. The summed E-state index contributed by atoms with van der Waals surface area (Å²) in [7, 11) is -0.666. The van der Waals surface area contributed by atoms with Crippen molar-refractivity contribution in [3.63, 3.8) is 0 Å². The van der Waals surface area contributed by atoms with E-state index in [9.17, 15) is 0 Å². The molecule has 5 aromatic rings. The molecule has 5 aromatic carbocycles. The number of para-hydroxylation sites is 2. The number of nitrogens with zero attached hydrogens (tertiary/aromatic N) is 2. The Kier molecular flexibility index (Phi) is 20.3. The van der Waals surface area contributed by atoms with Gasteiger partial charge in [-0.15, -0.1) is 0 Å². The molecule has 1 saturated heterocycles. The molecule has 4 aliphatic rings. The van der Waals surface area contributed by atoms with Crippen LogP contribution in [0.1, 0.15) is 176 Å². The van der Waals surface area contributed by atoms with Gasteiger partial charge in [-0.2, -0.15) is 6.67 Å². The third-order valence-corrected chi connectivity index (χ3v) is 22.5. The van der Waals surface area contributed by atoms with Crippen LogP contribution in [0, 0.1) is 6.67 Å². The molecule has 2 atom stereocenters. The van der Waals surface area contributed by atoms with E-state index in [1.54, 1.807) is 96.3 Å². The van der Waals surface area contributed by atoms with Gasteiger partial charge in [-0.05, 0) is 123 Å². The normalized spacial score (nSPS) is 20.1. The van der Waals surface area contributed by atoms with Crippen LogP contribution in [-0.2, 0) is 8.47 Å². The number of benzene rings is 5. The zero-order valence-electron chi connectivity index (χ0n) is 39.1. The van der Waals surface area contributed by atoms with Crippen LogP contribution in [0.25, 0.3) is 0 Å². The molecule has 1 aliphatic heterocycles. The van der Waals surface area contributed by atoms with E-state index in [4.69, 9.17) is 0 Å². The number of hydrogen-bond acceptors (Lipinski definition) is 2. The molecule has 0 N–H and O–H groups in total. The minimum atomic E-state index is -0.619. The van der Waals surface area contributed by atoms with Crippen molar-refractivity contribution in [2.75, 3.05) is 9.80 Å². The fourth-order valence-electron chi connectivity index (χ4n) is 11.3. The van der Waals surface area contributed by atoms with Crippen molar-refractivity contribution in [3.8, 4) is 0 Å². The summed E-state index contributed by atoms with van der Waals surface area (Å²) in [5.41, 5.74) is 13.0. The van der Waals surface area contributed by atoms with Gasteiger partial charge in [0.25, 0.3) is 0 Å². The molecule has 2 nitrogen and oxygen atoms in total. The third kappa shape index (κ3) is 13.6. The fraction of sp³-hybridized carbons (Fsp3) is 0.448. The standard InChI is InChI=1S/C33H35N2.C18H33P.C7H6.2HI.Ru/c1-24(2)28-19-11-13-21-30(28)34-23-35(31-22-14-12-20-29(31)25(3)4)33(27-17-9-6-10-18-27)32(34)26-15-7-5-8-16-26;1-4-10-16(11-5-1)19(17-12-6-2-7-13-17)18-14-8-3-9-15-18;1-7-5-3-2-4-6-7;;;/h5-25,32-33H,1-4H3;16-18H,1-15H2;1-6H;2*1H;/q-1;;;;;+2/p-1/t32-,33-;;;;;/m0...../s1. The second kappa shape index (κ2) is 26.0. The Hall–Kier alpha value is -1.92. The SMILES string of the molecule is C1CCC([PH+](C2CCCCC2)C2CCCCC2)CC1.CC(C)c1ccccc1N1[CH-]N(c2ccccc2C(C)C)[C@@H](c2ccccc2)[C@@H]1c1ccccc1.[I][Ru]([I])=[CH]c1ccccc1. The van der Waals surface area contributed by atoms with Gasteiger partial charge in [-0.3, -0.25) is 0 Å². The average molecular weight is 1190 g/mol. The van der Waals surface area contributed by atoms with Crippen LogP contribution >= 0.6 is 47.4 Å². The molecule has 1 heterocycles. The fourth-order valence-corrected chi connectivity index (χ4v) is 20.3. The van der Waals surface area contributed by atoms with Crippen LogP contribution in [-0.4, -0.2) is 21.6 Å². The number of anilines is 2. The Bertz CT molecular complexity index is 1980. The summed E-state index contributed by atoms with van der Waals surface area (Å²) in [6, 6.07) is 50.5. The molecule has 344 valence electrons. The predicted octanol–water partition coefficient (Wildman–Crippen LogP) is 18.2. The van der Waals surface area contributed by atoms with Crippen LogP contribution in [0.4, 0.5) is 11.4 Å². The van der Waals surface area contributed by atoms with Gasteiger partial charge in [-0.25, -0.2) is 0 Å². The van der Waals surface area contributed by atoms with Crippen LogP contribution in [0.3, 0.4) is 0 Å². The van der Waals surface area contributed by atoms with E-state index >= 15 is 0 Å². The van der Waals surface area contributed by atoms with Gasteiger partial charge in [0.1, 0.15) is 0 Å². The molecular formula is C58H75I2N2PRu. The van der Waals surface area contributed by atoms with Crippen molar-refractivity contribution in [2.24, 2.45) is 0 Å². The van der Waals surface area contributed by atoms with Gasteiger partial charge in [0.05, 0.1) is 29.1 Å². The number of rotatable bonds is 10. The van der Waals surface area contributed by atoms with Gasteiger partial charge in [0, 0.05) is 19.3 Å². The summed E-state index contributed by atoms with van der Waals surface area (Å²) < 4.78 is 2.37. The van der Waals surface area contributed by atoms with Crippen molar-refractivity contribution in [1.82, 2.24) is 0 Å². The van der Waals surface area contributed by atoms with Crippen molar-refractivity contribution >= 4 is 63.4 Å². The van der Waals surface area contributed by atoms with Crippen LogP contribution < -0.4 is 9.80 Å². The Morgan fingerprint density at radius 3 is 1.14 bits per heavy atom. The Labute approximate surface area is 416 Å². The van der Waals surface area contributed by atoms with Gasteiger partial charge in [0.2, 0.25) is 0 Å². The van der Waals surface area contributed by atoms with Gasteiger partial charge < -0.3 is 9.80 Å². The van der Waals surface area contributed by atoms with E-state index < -0.39 is 8.47 Å². The maximum atomic E-state index is 2.52. The predicted molar refractivity (Wildman–Crippen MR) is 297 cm³/mol. The molecule has 6 heteroatoms. The molecule has 3 aliphatic carbocycles. The van der Waals surface area contributed by atoms with Crippen molar-refractivity contribution in [3.05, 3.63) is 174 Å². The molecule has 0 radical (unpaired) electrons. The first-order valence-electron chi connectivity index (χ1n) is 24.7. The topological polar surface area (TPSA) is 6.48 Å². The minimum absolute atomic E-state index is 0.0465. The summed E-state index contributed by atoms with van der Waals surface area (Å²) in [6.07, 6.45) is 23.8. The zero-order chi connectivity index (χ0) is 44.7. The second-order valence-electron chi connectivity index (χ2n) is 19.3. The Balaban J connectivity index is 0.000000175. The summed E-state index contributed by atoms with van der Waals surface area (Å²) in [5.74, 6) is 0.867. The molecule has 0 amide bonds. The van der Waals surface area contributed by atoms with E-state index in [2.05, 4.69) is 228 Å². The van der Waals surface area contributed by atoms with Crippen LogP contribution in [0.15, 0.2) is 140 Å². The van der Waals surface area contributed by atoms with E-state index in [1.807, 2.05) is 0 Å². The quantitative estimate of drug-likeness (QED) is 0.0595. The molecule has 4 fully saturated rings. The molecule has 0 bridgehead atoms. The van der Waals surface area contributed by atoms with Crippen molar-refractivity contribution < 1.29 is 8.47 Å². The zero-order valence-corrected chi connectivity index (χ0v) is 46.1. The van der Waals surface area contributed by atoms with E-state index in [0.29, 0.717) is 11.8 Å². The second-order valence-corrected chi connectivity index (χ2v) is 42.6. The Morgan fingerprint density at radius 1 is 0.469 bits per heavy atom. The number of halogens is 2.